The summed E-state index contributed by atoms with van der Waals surface area (Å²) in [6.07, 6.45) is 3.10. The van der Waals surface area contributed by atoms with Crippen LogP contribution in [0.1, 0.15) is 107 Å². The number of carboxylic acid groups (broad SMARTS) is 1. The van der Waals surface area contributed by atoms with Gasteiger partial charge >= 0.3 is 11.9 Å². The van der Waals surface area contributed by atoms with E-state index in [-0.39, 0.29) is 66.1 Å². The number of anilines is 1. The number of hydrogen-bond acceptors (Lipinski definition) is 11. The van der Waals surface area contributed by atoms with Crippen molar-refractivity contribution in [2.24, 2.45) is 17.8 Å². The van der Waals surface area contributed by atoms with Gasteiger partial charge in [-0.25, -0.2) is 4.98 Å². The fraction of sp³-hybridized carbons (Fsp3) is 0.632. The molecule has 1 saturated heterocycles. The summed E-state index contributed by atoms with van der Waals surface area (Å²) in [5.74, 6) is -3.53. The maximum absolute atomic E-state index is 14.2. The van der Waals surface area contributed by atoms with Crippen LogP contribution in [-0.2, 0) is 30.3 Å². The Hall–Kier alpha value is -4.24. The van der Waals surface area contributed by atoms with Gasteiger partial charge in [-0.05, 0) is 68.8 Å². The molecule has 1 unspecified atom stereocenters. The predicted molar refractivity (Wildman–Crippen MR) is 203 cm³/mol. The minimum atomic E-state index is -1.01. The van der Waals surface area contributed by atoms with Crippen molar-refractivity contribution < 1.29 is 38.9 Å². The van der Waals surface area contributed by atoms with Crippen LogP contribution >= 0.6 is 11.3 Å². The van der Waals surface area contributed by atoms with E-state index in [0.717, 1.165) is 37.1 Å². The molecule has 1 aromatic heterocycles. The summed E-state index contributed by atoms with van der Waals surface area (Å²) >= 11 is 1.14. The lowest BCUT2D eigenvalue weighted by atomic mass is 9.92. The number of nitrogen functional groups attached to an aromatic ring is 1. The van der Waals surface area contributed by atoms with Gasteiger partial charge in [0.15, 0.2) is 6.10 Å². The lowest BCUT2D eigenvalue weighted by Crippen LogP contribution is -2.58. The summed E-state index contributed by atoms with van der Waals surface area (Å²) in [7, 11) is 3.63. The van der Waals surface area contributed by atoms with Crippen LogP contribution in [0.3, 0.4) is 0 Å². The van der Waals surface area contributed by atoms with Crippen molar-refractivity contribution in [2.45, 2.75) is 117 Å². The monoisotopic (exact) mass is 758 g/mol. The van der Waals surface area contributed by atoms with E-state index in [1.54, 1.807) is 36.4 Å². The number of likely N-dealkylation sites (N-methyl/N-ethyl adjacent to an activating group) is 2. The number of aromatic hydroxyl groups is 1. The number of carbonyl (C=O) groups excluding carboxylic acids is 4. The van der Waals surface area contributed by atoms with E-state index in [4.69, 9.17) is 10.5 Å². The Kier molecular flexibility index (Phi) is 16.1. The van der Waals surface area contributed by atoms with Gasteiger partial charge in [0.1, 0.15) is 22.5 Å². The summed E-state index contributed by atoms with van der Waals surface area (Å²) < 4.78 is 5.75. The van der Waals surface area contributed by atoms with Crippen molar-refractivity contribution in [1.29, 1.82) is 0 Å². The Labute approximate surface area is 316 Å². The SMILES string of the molecule is CC[C@H](C)[C@H](NC(=O)[C@H]1CCCCN1C)C(=O)N(C)[C@H](C[C@@H](OC(C)=O)c1nc(C(=O)N[C@@H](Cc2ccc(O)c(N)c2)CC(C)C(=O)O)cs1)C(C)C. The van der Waals surface area contributed by atoms with Gasteiger partial charge in [-0.15, -0.1) is 11.3 Å². The molecule has 1 aromatic carbocycles. The standard InChI is InChI=1S/C38H58N6O8S/c1-9-22(4)33(42-35(48)29-12-10-11-15-43(29)7)37(49)44(8)30(21(2)3)19-32(52-24(6)45)36-41-28(20-53-36)34(47)40-26(16-23(5)38(50)51)17-25-13-14-31(46)27(39)18-25/h13-14,18,20-23,26,29-30,32-33,46H,9-12,15-17,19,39H2,1-8H3,(H,40,47)(H,42,48)(H,50,51)/t22-,23?,26+,29+,30+,32+,33-/m0/s1. The molecular formula is C38H58N6O8S. The van der Waals surface area contributed by atoms with Crippen LogP contribution in [0.4, 0.5) is 5.69 Å². The molecule has 7 atom stereocenters. The molecule has 0 bridgehead atoms. The second kappa shape index (κ2) is 19.7. The second-order valence-corrected chi connectivity index (χ2v) is 15.7. The van der Waals surface area contributed by atoms with E-state index in [1.165, 1.54) is 13.0 Å². The summed E-state index contributed by atoms with van der Waals surface area (Å²) in [4.78, 5) is 73.4. The number of nitrogens with one attached hydrogen (secondary N) is 2. The highest BCUT2D eigenvalue weighted by Crippen LogP contribution is 2.31. The highest BCUT2D eigenvalue weighted by Gasteiger charge is 2.37. The van der Waals surface area contributed by atoms with Gasteiger partial charge in [0.05, 0.1) is 17.6 Å². The number of thiazole rings is 1. The molecule has 2 aromatic rings. The predicted octanol–water partition coefficient (Wildman–Crippen LogP) is 4.38. The third-order valence-electron chi connectivity index (χ3n) is 10.2. The number of phenolic OH excluding ortho intramolecular Hbond substituents is 1. The highest BCUT2D eigenvalue weighted by atomic mass is 32.1. The third kappa shape index (κ3) is 12.1. The molecule has 294 valence electrons. The van der Waals surface area contributed by atoms with Gasteiger partial charge in [-0.1, -0.05) is 53.5 Å². The Morgan fingerprint density at radius 3 is 2.40 bits per heavy atom. The normalized spacial score (nSPS) is 18.2. The van der Waals surface area contributed by atoms with Gasteiger partial charge in [0, 0.05) is 37.9 Å². The van der Waals surface area contributed by atoms with E-state index in [9.17, 15) is 34.2 Å². The number of nitrogens with zero attached hydrogens (tertiary/aromatic N) is 3. The largest absolute Gasteiger partial charge is 0.506 e. The van der Waals surface area contributed by atoms with E-state index < -0.39 is 48.0 Å². The Balaban J connectivity index is 1.82. The van der Waals surface area contributed by atoms with Crippen molar-refractivity contribution in [2.75, 3.05) is 26.4 Å². The van der Waals surface area contributed by atoms with Crippen molar-refractivity contribution in [3.63, 3.8) is 0 Å². The molecule has 14 nitrogen and oxygen atoms in total. The molecule has 1 fully saturated rings. The topological polar surface area (TPSA) is 204 Å². The molecular weight excluding hydrogens is 701 g/mol. The average molecular weight is 759 g/mol. The molecule has 53 heavy (non-hydrogen) atoms. The van der Waals surface area contributed by atoms with Crippen molar-refractivity contribution >= 4 is 46.7 Å². The average Bonchev–Trinajstić information content (AvgIpc) is 3.60. The van der Waals surface area contributed by atoms with Crippen LogP contribution in [0.25, 0.3) is 0 Å². The van der Waals surface area contributed by atoms with Gasteiger partial charge < -0.3 is 36.2 Å². The van der Waals surface area contributed by atoms with Crippen molar-refractivity contribution in [1.82, 2.24) is 25.4 Å². The number of ether oxygens (including phenoxy) is 1. The van der Waals surface area contributed by atoms with Crippen LogP contribution in [-0.4, -0.2) is 99.5 Å². The number of nitrogens with two attached hydrogens (primary N) is 1. The third-order valence-corrected chi connectivity index (χ3v) is 11.2. The Morgan fingerprint density at radius 2 is 1.81 bits per heavy atom. The molecule has 3 amide bonds. The first-order chi connectivity index (χ1) is 24.9. The van der Waals surface area contributed by atoms with E-state index in [0.29, 0.717) is 17.0 Å². The molecule has 0 spiro atoms. The number of phenols is 1. The number of carboxylic acids is 1. The van der Waals surface area contributed by atoms with Crippen molar-refractivity contribution in [3.8, 4) is 5.75 Å². The fourth-order valence-corrected chi connectivity index (χ4v) is 7.59. The van der Waals surface area contributed by atoms with E-state index >= 15 is 0 Å². The van der Waals surface area contributed by atoms with Crippen LogP contribution in [0, 0.1) is 17.8 Å². The minimum absolute atomic E-state index is 0.0677. The first-order valence-electron chi connectivity index (χ1n) is 18.4. The number of esters is 1. The molecule has 6 N–H and O–H groups in total. The zero-order chi connectivity index (χ0) is 39.6. The first kappa shape index (κ1) is 43.2. The van der Waals surface area contributed by atoms with Crippen LogP contribution in [0.15, 0.2) is 23.6 Å². The summed E-state index contributed by atoms with van der Waals surface area (Å²) in [5, 5.41) is 27.3. The van der Waals surface area contributed by atoms with Crippen LogP contribution in [0.5, 0.6) is 5.75 Å². The number of aliphatic carboxylic acids is 1. The molecule has 1 aliphatic rings. The van der Waals surface area contributed by atoms with Crippen LogP contribution in [0.2, 0.25) is 0 Å². The van der Waals surface area contributed by atoms with E-state index in [2.05, 4.69) is 15.6 Å². The molecule has 15 heteroatoms. The number of amides is 3. The Morgan fingerprint density at radius 1 is 1.11 bits per heavy atom. The van der Waals surface area contributed by atoms with Gasteiger partial charge in [-0.3, -0.25) is 28.9 Å². The first-order valence-corrected chi connectivity index (χ1v) is 19.3. The highest BCUT2D eigenvalue weighted by molar-refractivity contribution is 7.09. The minimum Gasteiger partial charge on any atom is -0.506 e. The molecule has 0 saturated carbocycles. The second-order valence-electron chi connectivity index (χ2n) is 14.8. The maximum Gasteiger partial charge on any atom is 0.306 e. The quantitative estimate of drug-likeness (QED) is 0.0820. The summed E-state index contributed by atoms with van der Waals surface area (Å²) in [6.45, 7) is 11.5. The smallest absolute Gasteiger partial charge is 0.306 e. The maximum atomic E-state index is 14.2. The number of carbonyl (C=O) groups is 5. The van der Waals surface area contributed by atoms with Crippen molar-refractivity contribution in [3.05, 3.63) is 39.8 Å². The van der Waals surface area contributed by atoms with Gasteiger partial charge in [0.2, 0.25) is 11.8 Å². The number of rotatable bonds is 18. The lowest BCUT2D eigenvalue weighted by molar-refractivity contribution is -0.149. The number of hydrogen-bond donors (Lipinski definition) is 5. The molecule has 0 aliphatic carbocycles. The fourth-order valence-electron chi connectivity index (χ4n) is 6.75. The lowest BCUT2D eigenvalue weighted by Gasteiger charge is -2.38. The van der Waals surface area contributed by atoms with Gasteiger partial charge in [-0.2, -0.15) is 0 Å². The van der Waals surface area contributed by atoms with E-state index in [1.807, 2.05) is 39.6 Å². The molecule has 1 aliphatic heterocycles. The number of likely N-dealkylation sites (tertiary alicyclic amines) is 1. The molecule has 3 rings (SSSR count). The zero-order valence-corrected chi connectivity index (χ0v) is 33.1. The van der Waals surface area contributed by atoms with Crippen LogP contribution < -0.4 is 16.4 Å². The summed E-state index contributed by atoms with van der Waals surface area (Å²) in [6, 6.07) is 2.61. The number of aromatic nitrogens is 1. The number of piperidine rings is 1. The molecule has 2 heterocycles. The van der Waals surface area contributed by atoms with Gasteiger partial charge in [0.25, 0.3) is 5.91 Å². The summed E-state index contributed by atoms with van der Waals surface area (Å²) in [5.41, 5.74) is 6.80. The molecule has 0 radical (unpaired) electrons. The zero-order valence-electron chi connectivity index (χ0n) is 32.3. The number of benzene rings is 1. The Bertz CT molecular complexity index is 1580.